The van der Waals surface area contributed by atoms with Gasteiger partial charge in [0, 0.05) is 48.5 Å². The number of carbonyl (C=O) groups excluding carboxylic acids is 1. The molecule has 5 nitrogen and oxygen atoms in total. The van der Waals surface area contributed by atoms with Gasteiger partial charge in [0.15, 0.2) is 5.76 Å². The molecule has 0 aromatic heterocycles. The molecule has 2 heterocycles. The quantitative estimate of drug-likeness (QED) is 0.462. The fraction of sp³-hybridized carbons (Fsp3) is 0.192. The maximum absolute atomic E-state index is 13.2. The molecule has 3 aromatic rings. The van der Waals surface area contributed by atoms with E-state index in [1.807, 2.05) is 0 Å². The zero-order valence-electron chi connectivity index (χ0n) is 18.1. The van der Waals surface area contributed by atoms with Crippen LogP contribution in [0.25, 0.3) is 6.08 Å². The van der Waals surface area contributed by atoms with Crippen molar-refractivity contribution in [2.24, 2.45) is 0 Å². The summed E-state index contributed by atoms with van der Waals surface area (Å²) in [5.41, 5.74) is 2.58. The topological polar surface area (TPSA) is 53.0 Å². The number of hydrogen-bond donors (Lipinski definition) is 1. The summed E-state index contributed by atoms with van der Waals surface area (Å²) in [6.07, 6.45) is 1.59. The van der Waals surface area contributed by atoms with Crippen LogP contribution >= 0.6 is 23.2 Å². The lowest BCUT2D eigenvalue weighted by Gasteiger charge is -2.36. The SMILES string of the molecule is O=C1/C(=C/c2ccc(Cl)cc2Cl)Oc2c1ccc(O)c2CN1CCN(c2ccc(F)cc2)CC1. The molecule has 2 aliphatic rings. The average Bonchev–Trinajstić information content (AvgIpc) is 3.14. The molecule has 0 atom stereocenters. The maximum atomic E-state index is 13.2. The lowest BCUT2D eigenvalue weighted by atomic mass is 10.0. The third kappa shape index (κ3) is 4.49. The Kier molecular flexibility index (Phi) is 6.21. The van der Waals surface area contributed by atoms with Gasteiger partial charge < -0.3 is 14.7 Å². The van der Waals surface area contributed by atoms with Crippen LogP contribution in [0.4, 0.5) is 10.1 Å². The fourth-order valence-corrected chi connectivity index (χ4v) is 4.71. The zero-order valence-corrected chi connectivity index (χ0v) is 19.6. The van der Waals surface area contributed by atoms with Gasteiger partial charge in [0.1, 0.15) is 17.3 Å². The first-order valence-electron chi connectivity index (χ1n) is 10.9. The number of ether oxygens (including phenoxy) is 1. The summed E-state index contributed by atoms with van der Waals surface area (Å²) >= 11 is 12.2. The van der Waals surface area contributed by atoms with Gasteiger partial charge in [-0.1, -0.05) is 29.3 Å². The van der Waals surface area contributed by atoms with Gasteiger partial charge in [-0.05, 0) is 60.2 Å². The van der Waals surface area contributed by atoms with Gasteiger partial charge in [0.05, 0.1) is 11.1 Å². The van der Waals surface area contributed by atoms with Crippen molar-refractivity contribution in [3.8, 4) is 11.5 Å². The van der Waals surface area contributed by atoms with Gasteiger partial charge in [-0.3, -0.25) is 9.69 Å². The van der Waals surface area contributed by atoms with Gasteiger partial charge in [-0.15, -0.1) is 0 Å². The third-order valence-corrected chi connectivity index (χ3v) is 6.67. The second kappa shape index (κ2) is 9.29. The van der Waals surface area contributed by atoms with E-state index in [0.29, 0.717) is 39.0 Å². The second-order valence-electron chi connectivity index (χ2n) is 8.29. The molecule has 1 N–H and O–H groups in total. The number of fused-ring (bicyclic) bond motifs is 1. The predicted molar refractivity (Wildman–Crippen MR) is 131 cm³/mol. The number of halogens is 3. The van der Waals surface area contributed by atoms with E-state index >= 15 is 0 Å². The van der Waals surface area contributed by atoms with Crippen LogP contribution in [0.5, 0.6) is 11.5 Å². The van der Waals surface area contributed by atoms with E-state index in [-0.39, 0.29) is 23.1 Å². The number of benzene rings is 3. The number of nitrogens with zero attached hydrogens (tertiary/aromatic N) is 2. The van der Waals surface area contributed by atoms with Crippen molar-refractivity contribution >= 4 is 40.7 Å². The molecule has 2 aliphatic heterocycles. The standard InChI is InChI=1S/C26H21Cl2FN2O3/c27-17-2-1-16(22(28)14-17)13-24-25(33)20-7-8-23(32)21(26(20)34-24)15-30-9-11-31(12-10-30)19-5-3-18(29)4-6-19/h1-8,13-14,32H,9-12,15H2/b24-13-. The van der Waals surface area contributed by atoms with Gasteiger partial charge in [0.2, 0.25) is 5.78 Å². The molecule has 0 aliphatic carbocycles. The van der Waals surface area contributed by atoms with Crippen LogP contribution in [-0.2, 0) is 6.54 Å². The Morgan fingerprint density at radius 1 is 1.00 bits per heavy atom. The monoisotopic (exact) mass is 498 g/mol. The molecule has 1 fully saturated rings. The van der Waals surface area contributed by atoms with Gasteiger partial charge in [0.25, 0.3) is 0 Å². The molecule has 5 rings (SSSR count). The van der Waals surface area contributed by atoms with Crippen LogP contribution in [0.1, 0.15) is 21.5 Å². The van der Waals surface area contributed by atoms with Crippen molar-refractivity contribution in [1.82, 2.24) is 4.90 Å². The van der Waals surface area contributed by atoms with Crippen LogP contribution in [0.3, 0.4) is 0 Å². The molecular weight excluding hydrogens is 478 g/mol. The Balaban J connectivity index is 1.33. The Hall–Kier alpha value is -3.06. The highest BCUT2D eigenvalue weighted by molar-refractivity contribution is 6.35. The number of Topliss-reactive ketones (excluding diaryl/α,β-unsaturated/α-hetero) is 1. The molecule has 34 heavy (non-hydrogen) atoms. The number of rotatable bonds is 4. The number of piperazine rings is 1. The molecule has 3 aromatic carbocycles. The number of phenolic OH excluding ortho intramolecular Hbond substituents is 1. The molecule has 1 saturated heterocycles. The van der Waals surface area contributed by atoms with Gasteiger partial charge in [-0.2, -0.15) is 0 Å². The highest BCUT2D eigenvalue weighted by Crippen LogP contribution is 2.40. The number of allylic oxidation sites excluding steroid dienone is 1. The van der Waals surface area contributed by atoms with Gasteiger partial charge in [-0.25, -0.2) is 4.39 Å². The summed E-state index contributed by atoms with van der Waals surface area (Å²) < 4.78 is 19.2. The van der Waals surface area contributed by atoms with Crippen LogP contribution in [0, 0.1) is 5.82 Å². The average molecular weight is 499 g/mol. The Bertz CT molecular complexity index is 1290. The second-order valence-corrected chi connectivity index (χ2v) is 9.13. The summed E-state index contributed by atoms with van der Waals surface area (Å²) in [5, 5.41) is 11.5. The number of anilines is 1. The lowest BCUT2D eigenvalue weighted by Crippen LogP contribution is -2.46. The van der Waals surface area contributed by atoms with Crippen LogP contribution < -0.4 is 9.64 Å². The summed E-state index contributed by atoms with van der Waals surface area (Å²) in [4.78, 5) is 17.4. The van der Waals surface area contributed by atoms with E-state index in [4.69, 9.17) is 27.9 Å². The van der Waals surface area contributed by atoms with E-state index in [0.717, 1.165) is 31.9 Å². The van der Waals surface area contributed by atoms with Crippen molar-refractivity contribution in [3.05, 3.63) is 92.9 Å². The first kappa shape index (κ1) is 22.7. The number of carbonyl (C=O) groups is 1. The molecular formula is C26H21Cl2FN2O3. The van der Waals surface area contributed by atoms with Crippen LogP contribution in [0.15, 0.2) is 60.4 Å². The Morgan fingerprint density at radius 2 is 1.74 bits per heavy atom. The van der Waals surface area contributed by atoms with Crippen LogP contribution in [0.2, 0.25) is 10.0 Å². The van der Waals surface area contributed by atoms with Crippen molar-refractivity contribution in [2.75, 3.05) is 31.1 Å². The highest BCUT2D eigenvalue weighted by atomic mass is 35.5. The minimum Gasteiger partial charge on any atom is -0.507 e. The molecule has 0 unspecified atom stereocenters. The molecule has 0 amide bonds. The molecule has 0 bridgehead atoms. The van der Waals surface area contributed by atoms with Crippen molar-refractivity contribution in [3.63, 3.8) is 0 Å². The normalized spacial score (nSPS) is 17.2. The molecule has 0 saturated carbocycles. The minimum atomic E-state index is -0.261. The van der Waals surface area contributed by atoms with Gasteiger partial charge >= 0.3 is 0 Å². The minimum absolute atomic E-state index is 0.0817. The summed E-state index contributed by atoms with van der Waals surface area (Å²) in [6, 6.07) is 14.6. The summed E-state index contributed by atoms with van der Waals surface area (Å²) in [6.45, 7) is 3.46. The largest absolute Gasteiger partial charge is 0.507 e. The summed E-state index contributed by atoms with van der Waals surface area (Å²) in [5.74, 6) is 0.0910. The maximum Gasteiger partial charge on any atom is 0.231 e. The number of ketones is 1. The van der Waals surface area contributed by atoms with E-state index in [9.17, 15) is 14.3 Å². The fourth-order valence-electron chi connectivity index (χ4n) is 4.25. The number of phenols is 1. The Labute approximate surface area is 206 Å². The molecule has 0 radical (unpaired) electrons. The first-order chi connectivity index (χ1) is 16.4. The van der Waals surface area contributed by atoms with E-state index in [2.05, 4.69) is 9.80 Å². The Morgan fingerprint density at radius 3 is 2.44 bits per heavy atom. The highest BCUT2D eigenvalue weighted by Gasteiger charge is 2.32. The zero-order chi connectivity index (χ0) is 23.8. The van der Waals surface area contributed by atoms with E-state index in [1.54, 1.807) is 42.5 Å². The van der Waals surface area contributed by atoms with E-state index in [1.165, 1.54) is 18.2 Å². The summed E-state index contributed by atoms with van der Waals surface area (Å²) in [7, 11) is 0. The third-order valence-electron chi connectivity index (χ3n) is 6.11. The number of aromatic hydroxyl groups is 1. The molecule has 8 heteroatoms. The molecule has 0 spiro atoms. The van der Waals surface area contributed by atoms with Crippen molar-refractivity contribution in [2.45, 2.75) is 6.54 Å². The number of hydrogen-bond acceptors (Lipinski definition) is 5. The van der Waals surface area contributed by atoms with Crippen molar-refractivity contribution in [1.29, 1.82) is 0 Å². The van der Waals surface area contributed by atoms with E-state index < -0.39 is 0 Å². The predicted octanol–water partition coefficient (Wildman–Crippen LogP) is 5.78. The van der Waals surface area contributed by atoms with Crippen molar-refractivity contribution < 1.29 is 19.0 Å². The molecule has 174 valence electrons. The smallest absolute Gasteiger partial charge is 0.231 e. The lowest BCUT2D eigenvalue weighted by molar-refractivity contribution is 0.101. The van der Waals surface area contributed by atoms with Crippen LogP contribution in [-0.4, -0.2) is 42.0 Å². The first-order valence-corrected chi connectivity index (χ1v) is 11.6.